The van der Waals surface area contributed by atoms with E-state index in [0.29, 0.717) is 0 Å². The van der Waals surface area contributed by atoms with Crippen LogP contribution in [0, 0.1) is 6.08 Å². The summed E-state index contributed by atoms with van der Waals surface area (Å²) in [5.41, 5.74) is 0. The fraction of sp³-hybridized carbons (Fsp3) is 0.500. The number of hydrogen-bond donors (Lipinski definition) is 0. The van der Waals surface area contributed by atoms with Crippen molar-refractivity contribution in [3.63, 3.8) is 0 Å². The van der Waals surface area contributed by atoms with Crippen molar-refractivity contribution >= 4 is 32.9 Å². The Bertz CT molecular complexity index is 187. The maximum absolute atomic E-state index is 8.19. The first-order valence-corrected chi connectivity index (χ1v) is 7.64. The minimum absolute atomic E-state index is 0. The van der Waals surface area contributed by atoms with Gasteiger partial charge in [0.25, 0.3) is 0 Å². The first kappa shape index (κ1) is 19.3. The molecule has 0 fully saturated rings. The molecule has 5 heteroatoms. The molecule has 0 aromatic rings. The summed E-state index contributed by atoms with van der Waals surface area (Å²) in [7, 11) is -1.01. The number of rotatable bonds is 1. The Hall–Kier alpha value is 0.661. The Labute approximate surface area is 103 Å². The summed E-state index contributed by atoms with van der Waals surface area (Å²) < 4.78 is 8.19. The van der Waals surface area contributed by atoms with Crippen molar-refractivity contribution < 1.29 is 21.0 Å². The van der Waals surface area contributed by atoms with Gasteiger partial charge < -0.3 is 0 Å². The van der Waals surface area contributed by atoms with E-state index in [9.17, 15) is 0 Å². The van der Waals surface area contributed by atoms with Crippen LogP contribution in [0.25, 0.3) is 0 Å². The molecule has 0 heterocycles. The summed E-state index contributed by atoms with van der Waals surface area (Å²) in [6, 6.07) is 0. The van der Waals surface area contributed by atoms with Crippen molar-refractivity contribution in [3.05, 3.63) is 23.4 Å². The van der Waals surface area contributed by atoms with Crippen LogP contribution in [0.5, 0.6) is 0 Å². The first-order chi connectivity index (χ1) is 5.11. The predicted octanol–water partition coefficient (Wildman–Crippen LogP) is 3.28. The van der Waals surface area contributed by atoms with E-state index in [-0.39, 0.29) is 24.8 Å². The monoisotopic (exact) mass is 276 g/mol. The van der Waals surface area contributed by atoms with Crippen LogP contribution in [0.2, 0.25) is 19.6 Å². The fourth-order valence-corrected chi connectivity index (χ4v) is 2.17. The molecule has 77 valence electrons. The van der Waals surface area contributed by atoms with E-state index < -0.39 is 8.07 Å². The Kier molecular flexibility index (Phi) is 13.7. The number of halogens is 2. The van der Waals surface area contributed by atoms with E-state index in [1.165, 1.54) is 5.20 Å². The molecule has 0 radical (unpaired) electrons. The van der Waals surface area contributed by atoms with Crippen molar-refractivity contribution in [3.8, 4) is 0 Å². The zero-order valence-electron chi connectivity index (χ0n) is 8.03. The maximum atomic E-state index is 8.19. The van der Waals surface area contributed by atoms with Crippen LogP contribution in [-0.2, 0) is 21.0 Å². The van der Waals surface area contributed by atoms with Crippen LogP contribution in [0.1, 0.15) is 6.42 Å². The van der Waals surface area contributed by atoms with Crippen LogP contribution in [-0.4, -0.2) is 8.07 Å². The van der Waals surface area contributed by atoms with Gasteiger partial charge >= 0.3 is 21.0 Å². The molecular weight excluding hydrogens is 262 g/mol. The molecule has 0 unspecified atom stereocenters. The molecular formula is C8H15Cl2OSiV-. The van der Waals surface area contributed by atoms with Gasteiger partial charge in [-0.3, -0.25) is 6.08 Å². The van der Waals surface area contributed by atoms with Gasteiger partial charge in [0.1, 0.15) is 0 Å². The van der Waals surface area contributed by atoms with Gasteiger partial charge in [-0.25, -0.2) is 11.3 Å². The van der Waals surface area contributed by atoms with E-state index in [2.05, 4.69) is 37.9 Å². The molecule has 1 aliphatic rings. The zero-order chi connectivity index (χ0) is 8.91. The minimum atomic E-state index is -1.01. The number of hydrogen-bond acceptors (Lipinski definition) is 1. The third kappa shape index (κ3) is 7.71. The van der Waals surface area contributed by atoms with Gasteiger partial charge in [0.2, 0.25) is 0 Å². The molecule has 0 N–H and O–H groups in total. The summed E-state index contributed by atoms with van der Waals surface area (Å²) in [5, 5.41) is 1.49. The second-order valence-electron chi connectivity index (χ2n) is 3.45. The standard InChI is InChI=1S/C8H13Si.2ClH.O.V/c1-9(2,3)8-6-4-5-7-8;;;;/h4,6H,5H2,1-3H3;2*1H;;/q-1;;;;. The van der Waals surface area contributed by atoms with Crippen molar-refractivity contribution in [2.75, 3.05) is 0 Å². The predicted molar refractivity (Wildman–Crippen MR) is 59.0 cm³/mol. The van der Waals surface area contributed by atoms with Crippen molar-refractivity contribution in [1.82, 2.24) is 0 Å². The average molecular weight is 277 g/mol. The van der Waals surface area contributed by atoms with Crippen LogP contribution in [0.15, 0.2) is 17.3 Å². The quantitative estimate of drug-likeness (QED) is 0.531. The van der Waals surface area contributed by atoms with Crippen molar-refractivity contribution in [2.24, 2.45) is 0 Å². The Morgan fingerprint density at radius 3 is 1.92 bits per heavy atom. The van der Waals surface area contributed by atoms with Crippen LogP contribution in [0.3, 0.4) is 0 Å². The fourth-order valence-electron chi connectivity index (χ4n) is 0.920. The summed E-state index contributed by atoms with van der Waals surface area (Å²) in [6.45, 7) is 7.06. The molecule has 0 aromatic carbocycles. The van der Waals surface area contributed by atoms with Gasteiger partial charge in [-0.05, 0) is 0 Å². The molecule has 1 nitrogen and oxygen atoms in total. The van der Waals surface area contributed by atoms with E-state index in [1.54, 1.807) is 0 Å². The van der Waals surface area contributed by atoms with Gasteiger partial charge in [0.05, 0.1) is 0 Å². The van der Waals surface area contributed by atoms with Crippen LogP contribution < -0.4 is 0 Å². The Morgan fingerprint density at radius 1 is 1.31 bits per heavy atom. The SMILES string of the molecule is C[Si](C)(C)C1=[C-]CC=C1.Cl.Cl.[O]=[V]. The summed E-state index contributed by atoms with van der Waals surface area (Å²) in [4.78, 5) is 0. The number of allylic oxidation sites excluding steroid dienone is 4. The second kappa shape index (κ2) is 9.23. The molecule has 0 atom stereocenters. The molecule has 0 spiro atoms. The van der Waals surface area contributed by atoms with Crippen molar-refractivity contribution in [1.29, 1.82) is 0 Å². The third-order valence-corrected chi connectivity index (χ3v) is 3.46. The van der Waals surface area contributed by atoms with E-state index in [1.807, 2.05) is 0 Å². The summed E-state index contributed by atoms with van der Waals surface area (Å²) in [5.74, 6) is 0. The Balaban J connectivity index is -0.000000234. The van der Waals surface area contributed by atoms with Gasteiger partial charge in [-0.15, -0.1) is 31.2 Å². The van der Waals surface area contributed by atoms with Gasteiger partial charge in [0.15, 0.2) is 0 Å². The van der Waals surface area contributed by atoms with Crippen LogP contribution >= 0.6 is 24.8 Å². The van der Waals surface area contributed by atoms with E-state index in [0.717, 1.165) is 23.8 Å². The molecule has 0 saturated heterocycles. The van der Waals surface area contributed by atoms with Crippen LogP contribution in [0.4, 0.5) is 0 Å². The molecule has 1 rings (SSSR count). The van der Waals surface area contributed by atoms with Gasteiger partial charge in [-0.2, -0.15) is 6.08 Å². The average Bonchev–Trinajstić information content (AvgIpc) is 2.40. The molecule has 0 bridgehead atoms. The molecule has 0 aromatic heterocycles. The van der Waals surface area contributed by atoms with Crippen molar-refractivity contribution in [2.45, 2.75) is 26.1 Å². The van der Waals surface area contributed by atoms with E-state index in [4.69, 9.17) is 3.67 Å². The normalized spacial score (nSPS) is 12.9. The molecule has 0 aliphatic heterocycles. The first-order valence-electron chi connectivity index (χ1n) is 3.57. The summed E-state index contributed by atoms with van der Waals surface area (Å²) in [6.07, 6.45) is 8.82. The van der Waals surface area contributed by atoms with Gasteiger partial charge in [0, 0.05) is 8.07 Å². The molecule has 0 amide bonds. The van der Waals surface area contributed by atoms with Gasteiger partial charge in [-0.1, -0.05) is 19.6 Å². The molecule has 0 saturated carbocycles. The molecule has 13 heavy (non-hydrogen) atoms. The molecule has 1 aliphatic carbocycles. The zero-order valence-corrected chi connectivity index (χ0v) is 12.1. The van der Waals surface area contributed by atoms with E-state index >= 15 is 0 Å². The Morgan fingerprint density at radius 2 is 1.77 bits per heavy atom. The summed E-state index contributed by atoms with van der Waals surface area (Å²) >= 11 is 1.06. The topological polar surface area (TPSA) is 17.1 Å². The second-order valence-corrected chi connectivity index (χ2v) is 8.49. The third-order valence-electron chi connectivity index (χ3n) is 1.50.